The Labute approximate surface area is 219 Å². The minimum atomic E-state index is -0.626. The molecule has 36 heavy (non-hydrogen) atoms. The van der Waals surface area contributed by atoms with Gasteiger partial charge in [-0.05, 0) is 104 Å². The van der Waals surface area contributed by atoms with Crippen LogP contribution >= 0.6 is 0 Å². The van der Waals surface area contributed by atoms with Gasteiger partial charge in [-0.25, -0.2) is 0 Å². The Balaban J connectivity index is 1.49. The normalized spacial score (nSPS) is 51.6. The van der Waals surface area contributed by atoms with Gasteiger partial charge in [-0.15, -0.1) is 0 Å². The second-order valence-electron chi connectivity index (χ2n) is 15.9. The van der Waals surface area contributed by atoms with Crippen LogP contribution in [0.4, 0.5) is 0 Å². The van der Waals surface area contributed by atoms with Gasteiger partial charge in [0.05, 0.1) is 5.60 Å². The first-order chi connectivity index (χ1) is 16.5. The summed E-state index contributed by atoms with van der Waals surface area (Å²) in [6.45, 7) is 18.0. The first kappa shape index (κ1) is 26.7. The number of Topliss-reactive ketones (excluding diaryl/α,β-unsaturated/α-hetero) is 1. The molecule has 0 bridgehead atoms. The van der Waals surface area contributed by atoms with Crippen LogP contribution in [0.3, 0.4) is 0 Å². The van der Waals surface area contributed by atoms with Crippen molar-refractivity contribution in [2.45, 2.75) is 138 Å². The molecule has 204 valence electrons. The number of ether oxygens (including phenoxy) is 1. The van der Waals surface area contributed by atoms with Crippen molar-refractivity contribution in [3.63, 3.8) is 0 Å². The van der Waals surface area contributed by atoms with E-state index in [0.717, 1.165) is 57.8 Å². The number of hydrogen-bond donors (Lipinski definition) is 1. The van der Waals surface area contributed by atoms with E-state index in [1.54, 1.807) is 6.92 Å². The molecular formula is C32H52O4. The number of carbonyl (C=O) groups excluding carboxylic acids is 2. The summed E-state index contributed by atoms with van der Waals surface area (Å²) >= 11 is 0. The van der Waals surface area contributed by atoms with Crippen molar-refractivity contribution in [2.75, 3.05) is 0 Å². The van der Waals surface area contributed by atoms with Crippen molar-refractivity contribution >= 4 is 11.8 Å². The molecule has 9 atom stereocenters. The zero-order valence-electron chi connectivity index (χ0n) is 24.3. The van der Waals surface area contributed by atoms with Gasteiger partial charge in [-0.1, -0.05) is 48.5 Å². The summed E-state index contributed by atoms with van der Waals surface area (Å²) in [5.74, 6) is 1.99. The van der Waals surface area contributed by atoms with E-state index in [1.807, 2.05) is 0 Å². The standard InChI is InChI=1S/C32H52O4/c1-20(33)36-26-14-17-30(7)22(28(26,4)5)11-15-29(6)19-32(35)18-12-21-27(2,3)25(34)13-16-31(21,8)24(32)10-9-23(29)30/h21-24,26,35H,9-19H2,1-8H3/t21-,22-,23-,24+,26-,29-,30-,31-,32-/m0/s1. The Bertz CT molecular complexity index is 936. The van der Waals surface area contributed by atoms with Crippen LogP contribution in [0.1, 0.15) is 126 Å². The molecule has 0 saturated heterocycles. The van der Waals surface area contributed by atoms with Crippen LogP contribution in [0.5, 0.6) is 0 Å². The van der Waals surface area contributed by atoms with E-state index in [0.29, 0.717) is 30.0 Å². The van der Waals surface area contributed by atoms with Gasteiger partial charge in [0.2, 0.25) is 0 Å². The highest BCUT2D eigenvalue weighted by Crippen LogP contribution is 2.71. The van der Waals surface area contributed by atoms with Gasteiger partial charge in [0.1, 0.15) is 11.9 Å². The molecule has 5 aliphatic rings. The van der Waals surface area contributed by atoms with Gasteiger partial charge in [0.25, 0.3) is 0 Å². The second-order valence-corrected chi connectivity index (χ2v) is 15.9. The molecule has 0 amide bonds. The van der Waals surface area contributed by atoms with Crippen molar-refractivity contribution in [1.82, 2.24) is 0 Å². The first-order valence-corrected chi connectivity index (χ1v) is 14.9. The number of ketones is 1. The Morgan fingerprint density at radius 3 is 2.06 bits per heavy atom. The lowest BCUT2D eigenvalue weighted by molar-refractivity contribution is -0.204. The average Bonchev–Trinajstić information content (AvgIpc) is 2.87. The molecule has 0 aromatic carbocycles. The SMILES string of the molecule is CC(=O)O[C@H]1CC[C@@]2(C)[C@@H](CC[C@@]3(C)C[C@@]4(O)CC[C@H]5C(C)(C)C(=O)CC[C@]5(C)[C@H]4CC[C@@H]32)C1(C)C. The molecule has 0 aromatic rings. The maximum atomic E-state index is 12.9. The van der Waals surface area contributed by atoms with Crippen molar-refractivity contribution in [2.24, 2.45) is 50.7 Å². The topological polar surface area (TPSA) is 63.6 Å². The molecule has 0 unspecified atom stereocenters. The molecule has 5 fully saturated rings. The van der Waals surface area contributed by atoms with Gasteiger partial charge >= 0.3 is 5.97 Å². The van der Waals surface area contributed by atoms with E-state index in [9.17, 15) is 14.7 Å². The summed E-state index contributed by atoms with van der Waals surface area (Å²) in [5.41, 5.74) is -0.602. The molecular weight excluding hydrogens is 448 g/mol. The minimum absolute atomic E-state index is 0.00310. The van der Waals surface area contributed by atoms with Crippen molar-refractivity contribution in [3.05, 3.63) is 0 Å². The quantitative estimate of drug-likeness (QED) is 0.390. The maximum absolute atomic E-state index is 12.9. The molecule has 5 saturated carbocycles. The van der Waals surface area contributed by atoms with Gasteiger partial charge in [0, 0.05) is 24.2 Å². The molecule has 0 heterocycles. The Morgan fingerprint density at radius 1 is 0.778 bits per heavy atom. The lowest BCUT2D eigenvalue weighted by atomic mass is 9.41. The average molecular weight is 501 g/mol. The van der Waals surface area contributed by atoms with Gasteiger partial charge in [-0.3, -0.25) is 9.59 Å². The highest BCUT2D eigenvalue weighted by atomic mass is 16.5. The number of rotatable bonds is 1. The molecule has 0 aromatic heterocycles. The molecule has 0 aliphatic heterocycles. The first-order valence-electron chi connectivity index (χ1n) is 14.9. The largest absolute Gasteiger partial charge is 0.462 e. The Morgan fingerprint density at radius 2 is 1.39 bits per heavy atom. The lowest BCUT2D eigenvalue weighted by Gasteiger charge is -2.64. The Kier molecular flexibility index (Phi) is 5.97. The fourth-order valence-electron chi connectivity index (χ4n) is 12.0. The summed E-state index contributed by atoms with van der Waals surface area (Å²) < 4.78 is 5.87. The Hall–Kier alpha value is -0.900. The van der Waals surface area contributed by atoms with E-state index < -0.39 is 5.60 Å². The predicted octanol–water partition coefficient (Wildman–Crippen LogP) is 7.11. The van der Waals surface area contributed by atoms with Crippen LogP contribution in [0.25, 0.3) is 0 Å². The fourth-order valence-corrected chi connectivity index (χ4v) is 12.0. The van der Waals surface area contributed by atoms with Crippen molar-refractivity contribution in [1.29, 1.82) is 0 Å². The maximum Gasteiger partial charge on any atom is 0.302 e. The molecule has 0 spiro atoms. The fraction of sp³-hybridized carbons (Fsp3) is 0.938. The highest BCUT2D eigenvalue weighted by molar-refractivity contribution is 5.85. The lowest BCUT2D eigenvalue weighted by Crippen LogP contribution is -2.61. The summed E-state index contributed by atoms with van der Waals surface area (Å²) in [4.78, 5) is 24.8. The molecule has 5 aliphatic carbocycles. The van der Waals surface area contributed by atoms with E-state index in [1.165, 1.54) is 6.42 Å². The molecule has 4 nitrogen and oxygen atoms in total. The number of aliphatic hydroxyl groups is 1. The van der Waals surface area contributed by atoms with Crippen molar-refractivity contribution in [3.8, 4) is 0 Å². The van der Waals surface area contributed by atoms with E-state index in [4.69, 9.17) is 4.74 Å². The third-order valence-electron chi connectivity index (χ3n) is 13.5. The van der Waals surface area contributed by atoms with Crippen LogP contribution in [-0.2, 0) is 14.3 Å². The molecule has 0 radical (unpaired) electrons. The number of carbonyl (C=O) groups is 2. The zero-order valence-corrected chi connectivity index (χ0v) is 24.3. The third-order valence-corrected chi connectivity index (χ3v) is 13.5. The monoisotopic (exact) mass is 500 g/mol. The van der Waals surface area contributed by atoms with Crippen LogP contribution < -0.4 is 0 Å². The number of hydrogen-bond acceptors (Lipinski definition) is 4. The highest BCUT2D eigenvalue weighted by Gasteiger charge is 2.67. The third kappa shape index (κ3) is 3.54. The molecule has 5 rings (SSSR count). The summed E-state index contributed by atoms with van der Waals surface area (Å²) in [6.07, 6.45) is 10.9. The molecule has 1 N–H and O–H groups in total. The minimum Gasteiger partial charge on any atom is -0.462 e. The van der Waals surface area contributed by atoms with E-state index in [2.05, 4.69) is 48.5 Å². The van der Waals surface area contributed by atoms with Gasteiger partial charge in [0.15, 0.2) is 0 Å². The second kappa shape index (κ2) is 8.06. The van der Waals surface area contributed by atoms with Crippen LogP contribution in [0.15, 0.2) is 0 Å². The van der Waals surface area contributed by atoms with Gasteiger partial charge < -0.3 is 9.84 Å². The zero-order chi connectivity index (χ0) is 26.5. The van der Waals surface area contributed by atoms with Crippen molar-refractivity contribution < 1.29 is 19.4 Å². The summed E-state index contributed by atoms with van der Waals surface area (Å²) in [7, 11) is 0. The van der Waals surface area contributed by atoms with Crippen LogP contribution in [-0.4, -0.2) is 28.6 Å². The smallest absolute Gasteiger partial charge is 0.302 e. The van der Waals surface area contributed by atoms with E-state index in [-0.39, 0.29) is 45.1 Å². The van der Waals surface area contributed by atoms with Crippen LogP contribution in [0.2, 0.25) is 0 Å². The number of esters is 1. The van der Waals surface area contributed by atoms with E-state index >= 15 is 0 Å². The summed E-state index contributed by atoms with van der Waals surface area (Å²) in [5, 5.41) is 12.5. The summed E-state index contributed by atoms with van der Waals surface area (Å²) in [6, 6.07) is 0. The molecule has 4 heteroatoms. The predicted molar refractivity (Wildman–Crippen MR) is 142 cm³/mol. The number of fused-ring (bicyclic) bond motifs is 6. The van der Waals surface area contributed by atoms with Crippen LogP contribution in [0, 0.1) is 50.7 Å². The van der Waals surface area contributed by atoms with Gasteiger partial charge in [-0.2, -0.15) is 0 Å².